The predicted octanol–water partition coefficient (Wildman–Crippen LogP) is 7.03. The van der Waals surface area contributed by atoms with E-state index in [1.54, 1.807) is 105 Å². The fraction of sp³-hybridized carbons (Fsp3) is 0.0870. The second-order valence-electron chi connectivity index (χ2n) is 14.2. The van der Waals surface area contributed by atoms with E-state index in [1.165, 1.54) is 21.5 Å². The van der Waals surface area contributed by atoms with Gasteiger partial charge >= 0.3 is 23.9 Å². The maximum Gasteiger partial charge on any atom is 0.357 e. The van der Waals surface area contributed by atoms with Crippen LogP contribution in [0.25, 0.3) is 66.1 Å². The van der Waals surface area contributed by atoms with Crippen LogP contribution in [0.3, 0.4) is 0 Å². The average molecular weight is 846 g/mol. The van der Waals surface area contributed by atoms with Gasteiger partial charge in [-0.15, -0.1) is 10.2 Å². The number of H-pyrrole nitrogens is 1. The van der Waals surface area contributed by atoms with Crippen LogP contribution in [-0.2, 0) is 19.1 Å². The molecule has 4 aromatic carbocycles. The Morgan fingerprint density at radius 3 is 1.29 bits per heavy atom. The lowest BCUT2D eigenvalue weighted by Gasteiger charge is -2.25. The van der Waals surface area contributed by atoms with E-state index in [0.717, 1.165) is 19.6 Å². The molecular formula is C46H35N7O10. The standard InChI is InChI=1S/C46H35N7O10/c1-3-62-45(60)41-22-30-10-6-8-12-36(30)52(41)49(26-55)53-38-18-14-28(20-32(38)24-42(53)46(61)63-4-2)34-16-15-33(47-34)27-13-17-37-31(19-27)23-40(44(58)59)51(37)48(25-54)50-35-11-7-5-9-29(35)21-39(50)43(56)57/h5-26,47H,3-4H2,1-2H3,(H,56,57)(H,58,59). The first-order valence-corrected chi connectivity index (χ1v) is 19.6. The van der Waals surface area contributed by atoms with Crippen molar-refractivity contribution < 1.29 is 48.5 Å². The lowest BCUT2D eigenvalue weighted by Crippen LogP contribution is -2.41. The van der Waals surface area contributed by atoms with Crippen molar-refractivity contribution in [3.05, 3.63) is 144 Å². The van der Waals surface area contributed by atoms with Crippen molar-refractivity contribution in [1.29, 1.82) is 0 Å². The molecule has 0 atom stereocenters. The summed E-state index contributed by atoms with van der Waals surface area (Å²) in [4.78, 5) is 81.0. The summed E-state index contributed by atoms with van der Waals surface area (Å²) in [7, 11) is 0. The molecule has 0 unspecified atom stereocenters. The number of esters is 2. The van der Waals surface area contributed by atoms with Crippen molar-refractivity contribution in [3.63, 3.8) is 0 Å². The number of carbonyl (C=O) groups is 6. The van der Waals surface area contributed by atoms with Gasteiger partial charge in [-0.3, -0.25) is 9.59 Å². The highest BCUT2D eigenvalue weighted by atomic mass is 16.5. The number of benzene rings is 4. The zero-order valence-electron chi connectivity index (χ0n) is 33.5. The van der Waals surface area contributed by atoms with Crippen LogP contribution in [0.1, 0.15) is 55.8 Å². The van der Waals surface area contributed by atoms with Crippen molar-refractivity contribution >= 4 is 80.3 Å². The molecule has 2 amide bonds. The Morgan fingerprint density at radius 1 is 0.508 bits per heavy atom. The van der Waals surface area contributed by atoms with Crippen molar-refractivity contribution in [2.24, 2.45) is 0 Å². The molecule has 314 valence electrons. The molecule has 9 rings (SSSR count). The molecule has 0 saturated heterocycles. The molecule has 0 spiro atoms. The number of aromatic nitrogens is 5. The average Bonchev–Trinajstić information content (AvgIpc) is 4.13. The second-order valence-corrected chi connectivity index (χ2v) is 14.2. The number of nitrogens with one attached hydrogen (secondary N) is 1. The third-order valence-corrected chi connectivity index (χ3v) is 10.6. The largest absolute Gasteiger partial charge is 0.477 e. The summed E-state index contributed by atoms with van der Waals surface area (Å²) in [6.45, 7) is 3.51. The van der Waals surface area contributed by atoms with Gasteiger partial charge in [-0.25, -0.2) is 37.9 Å². The molecule has 63 heavy (non-hydrogen) atoms. The van der Waals surface area contributed by atoms with Gasteiger partial charge in [0.05, 0.1) is 35.3 Å². The smallest absolute Gasteiger partial charge is 0.357 e. The Bertz CT molecular complexity index is 3350. The lowest BCUT2D eigenvalue weighted by atomic mass is 10.1. The van der Waals surface area contributed by atoms with Crippen LogP contribution in [0, 0.1) is 0 Å². The van der Waals surface area contributed by atoms with E-state index in [0.29, 0.717) is 78.9 Å². The van der Waals surface area contributed by atoms with Gasteiger partial charge < -0.3 is 24.7 Å². The second kappa shape index (κ2) is 15.6. The molecule has 17 nitrogen and oxygen atoms in total. The van der Waals surface area contributed by atoms with Crippen molar-refractivity contribution in [2.45, 2.75) is 13.8 Å². The summed E-state index contributed by atoms with van der Waals surface area (Å²) in [5.41, 5.74) is 3.95. The van der Waals surface area contributed by atoms with E-state index >= 15 is 0 Å². The molecular weight excluding hydrogens is 811 g/mol. The Kier molecular flexibility index (Phi) is 9.82. The van der Waals surface area contributed by atoms with Crippen molar-refractivity contribution in [3.8, 4) is 22.5 Å². The molecule has 5 aromatic heterocycles. The topological polar surface area (TPSA) is 203 Å². The number of hydrogen-bond acceptors (Lipinski definition) is 8. The number of rotatable bonds is 14. The van der Waals surface area contributed by atoms with E-state index in [4.69, 9.17) is 9.47 Å². The first-order valence-electron chi connectivity index (χ1n) is 19.6. The molecule has 5 heterocycles. The number of aromatic carboxylic acids is 2. The zero-order chi connectivity index (χ0) is 44.1. The van der Waals surface area contributed by atoms with Crippen LogP contribution in [0.15, 0.2) is 121 Å². The van der Waals surface area contributed by atoms with E-state index < -0.39 is 23.9 Å². The fourth-order valence-corrected chi connectivity index (χ4v) is 8.01. The number of nitrogens with zero attached hydrogens (tertiary/aromatic N) is 6. The molecule has 0 aliphatic heterocycles. The van der Waals surface area contributed by atoms with Crippen LogP contribution >= 0.6 is 0 Å². The van der Waals surface area contributed by atoms with Crippen LogP contribution in [0.4, 0.5) is 0 Å². The number of para-hydroxylation sites is 2. The first kappa shape index (κ1) is 39.6. The monoisotopic (exact) mass is 845 g/mol. The number of hydrogen-bond donors (Lipinski definition) is 3. The number of carbonyl (C=O) groups excluding carboxylic acids is 4. The summed E-state index contributed by atoms with van der Waals surface area (Å²) < 4.78 is 15.8. The van der Waals surface area contributed by atoms with E-state index in [-0.39, 0.29) is 36.0 Å². The molecule has 0 bridgehead atoms. The molecule has 0 fully saturated rings. The highest BCUT2D eigenvalue weighted by Gasteiger charge is 2.29. The number of carboxylic acid groups (broad SMARTS) is 2. The minimum atomic E-state index is -1.34. The summed E-state index contributed by atoms with van der Waals surface area (Å²) in [6, 6.07) is 34.1. The summed E-state index contributed by atoms with van der Waals surface area (Å²) in [6.07, 6.45) is 0.857. The zero-order valence-corrected chi connectivity index (χ0v) is 33.5. The third-order valence-electron chi connectivity index (χ3n) is 10.6. The van der Waals surface area contributed by atoms with E-state index in [1.807, 2.05) is 18.2 Å². The molecule has 17 heteroatoms. The highest BCUT2D eigenvalue weighted by molar-refractivity contribution is 6.02. The molecule has 0 aliphatic rings. The maximum absolute atomic E-state index is 13.5. The summed E-state index contributed by atoms with van der Waals surface area (Å²) in [5, 5.41) is 24.6. The number of aromatic amines is 1. The normalized spacial score (nSPS) is 11.3. The molecule has 9 aromatic rings. The minimum Gasteiger partial charge on any atom is -0.477 e. The Morgan fingerprint density at radius 2 is 0.873 bits per heavy atom. The fourth-order valence-electron chi connectivity index (χ4n) is 8.01. The van der Waals surface area contributed by atoms with Gasteiger partial charge in [-0.2, -0.15) is 0 Å². The SMILES string of the molecule is CCOC(=O)c1cc2ccccc2n1N(C=O)n1c(C(=O)OCC)cc2cc(-c3ccc(-c4ccc5c(c4)cc(C(=O)O)n5N(C=O)n4c(C(=O)O)cc5ccccc54)[nH]3)ccc21. The van der Waals surface area contributed by atoms with Gasteiger partial charge in [-0.05, 0) is 97.8 Å². The third kappa shape index (κ3) is 6.51. The number of ether oxygens (including phenoxy) is 2. The number of carboxylic acids is 2. The van der Waals surface area contributed by atoms with Crippen LogP contribution in [0.5, 0.6) is 0 Å². The summed E-state index contributed by atoms with van der Waals surface area (Å²) >= 11 is 0. The van der Waals surface area contributed by atoms with Gasteiger partial charge in [0.25, 0.3) is 0 Å². The quantitative estimate of drug-likeness (QED) is 0.0753. The summed E-state index contributed by atoms with van der Waals surface area (Å²) in [5.74, 6) is -4.02. The van der Waals surface area contributed by atoms with Crippen LogP contribution in [0.2, 0.25) is 0 Å². The highest BCUT2D eigenvalue weighted by Crippen LogP contribution is 2.33. The Hall–Kier alpha value is -8.86. The molecule has 3 N–H and O–H groups in total. The van der Waals surface area contributed by atoms with Gasteiger partial charge in [0.15, 0.2) is 22.8 Å². The molecule has 0 saturated carbocycles. The van der Waals surface area contributed by atoms with Gasteiger partial charge in [-0.1, -0.05) is 48.5 Å². The van der Waals surface area contributed by atoms with E-state index in [9.17, 15) is 39.0 Å². The maximum atomic E-state index is 13.5. The van der Waals surface area contributed by atoms with Gasteiger partial charge in [0, 0.05) is 32.9 Å². The Balaban J connectivity index is 1.11. The van der Waals surface area contributed by atoms with E-state index in [2.05, 4.69) is 4.98 Å². The van der Waals surface area contributed by atoms with Gasteiger partial charge in [0.1, 0.15) is 0 Å². The molecule has 0 radical (unpaired) electrons. The van der Waals surface area contributed by atoms with Gasteiger partial charge in [0.2, 0.25) is 12.8 Å². The van der Waals surface area contributed by atoms with Crippen LogP contribution in [-0.4, -0.2) is 83.8 Å². The molecule has 0 aliphatic carbocycles. The first-order chi connectivity index (χ1) is 30.6. The lowest BCUT2D eigenvalue weighted by molar-refractivity contribution is -0.110. The minimum absolute atomic E-state index is 0.0223. The predicted molar refractivity (Wildman–Crippen MR) is 232 cm³/mol. The number of fused-ring (bicyclic) bond motifs is 4. The van der Waals surface area contributed by atoms with Crippen molar-refractivity contribution in [2.75, 3.05) is 23.4 Å². The number of amides is 2. The van der Waals surface area contributed by atoms with Crippen molar-refractivity contribution in [1.82, 2.24) is 23.7 Å². The Labute approximate surface area is 355 Å². The van der Waals surface area contributed by atoms with Crippen LogP contribution < -0.4 is 10.2 Å².